The van der Waals surface area contributed by atoms with Crippen LogP contribution in [0.25, 0.3) is 0 Å². The second-order valence-electron chi connectivity index (χ2n) is 11.2. The molecule has 3 aliphatic heterocycles. The number of fused-ring (bicyclic) bond motifs is 2. The fraction of sp³-hybridized carbons (Fsp3) is 0.387. The fourth-order valence-electron chi connectivity index (χ4n) is 6.40. The van der Waals surface area contributed by atoms with Crippen molar-refractivity contribution in [2.75, 3.05) is 37.2 Å². The van der Waals surface area contributed by atoms with Crippen LogP contribution in [0.15, 0.2) is 48.5 Å². The Labute approximate surface area is 260 Å². The minimum absolute atomic E-state index is 0.0490. The Balaban J connectivity index is 1.37. The van der Waals surface area contributed by atoms with E-state index >= 15 is 8.78 Å². The maximum absolute atomic E-state index is 15.5. The lowest BCUT2D eigenvalue weighted by Gasteiger charge is -2.30. The van der Waals surface area contributed by atoms with Crippen molar-refractivity contribution in [3.8, 4) is 17.2 Å². The van der Waals surface area contributed by atoms with Gasteiger partial charge in [0, 0.05) is 53.9 Å². The number of hydrogen-bond acceptors (Lipinski definition) is 8. The lowest BCUT2D eigenvalue weighted by atomic mass is 9.87. The fourth-order valence-corrected chi connectivity index (χ4v) is 6.40. The first-order valence-corrected chi connectivity index (χ1v) is 14.3. The number of anilines is 2. The maximum Gasteiger partial charge on any atom is 0.573 e. The van der Waals surface area contributed by atoms with Crippen molar-refractivity contribution in [3.05, 3.63) is 71.3 Å². The molecule has 15 heteroatoms. The van der Waals surface area contributed by atoms with Gasteiger partial charge in [0.05, 0.1) is 33.0 Å². The van der Waals surface area contributed by atoms with Crippen LogP contribution in [0, 0.1) is 11.6 Å². The molecule has 3 saturated heterocycles. The number of morpholine rings is 1. The van der Waals surface area contributed by atoms with E-state index in [1.165, 1.54) is 25.2 Å². The first-order chi connectivity index (χ1) is 21.9. The molecule has 2 amide bonds. The van der Waals surface area contributed by atoms with Gasteiger partial charge in [-0.2, -0.15) is 0 Å². The number of ether oxygens (including phenoxy) is 4. The van der Waals surface area contributed by atoms with E-state index in [2.05, 4.69) is 15.0 Å². The van der Waals surface area contributed by atoms with E-state index in [-0.39, 0.29) is 29.3 Å². The van der Waals surface area contributed by atoms with Crippen molar-refractivity contribution in [2.24, 2.45) is 0 Å². The Morgan fingerprint density at radius 1 is 0.978 bits per heavy atom. The zero-order chi connectivity index (χ0) is 32.9. The second-order valence-corrected chi connectivity index (χ2v) is 11.2. The third-order valence-electron chi connectivity index (χ3n) is 8.50. The summed E-state index contributed by atoms with van der Waals surface area (Å²) in [6.07, 6.45) is -4.06. The van der Waals surface area contributed by atoms with Gasteiger partial charge in [-0.1, -0.05) is 0 Å². The maximum atomic E-state index is 15.5. The van der Waals surface area contributed by atoms with Gasteiger partial charge < -0.3 is 29.2 Å². The van der Waals surface area contributed by atoms with E-state index < -0.39 is 59.1 Å². The third-order valence-corrected chi connectivity index (χ3v) is 8.50. The highest BCUT2D eigenvalue weighted by molar-refractivity contribution is 6.05. The lowest BCUT2D eigenvalue weighted by Crippen LogP contribution is -2.44. The van der Waals surface area contributed by atoms with Gasteiger partial charge in [0.1, 0.15) is 46.6 Å². The first kappa shape index (κ1) is 31.3. The number of carbonyl (C=O) groups is 2. The molecule has 46 heavy (non-hydrogen) atoms. The molecular formula is C31H29F5N4O6. The number of nitrogens with one attached hydrogen (secondary N) is 1. The van der Waals surface area contributed by atoms with E-state index in [0.29, 0.717) is 24.7 Å². The molecule has 10 nitrogen and oxygen atoms in total. The van der Waals surface area contributed by atoms with Gasteiger partial charge in [0.25, 0.3) is 11.8 Å². The molecule has 244 valence electrons. The summed E-state index contributed by atoms with van der Waals surface area (Å²) in [5.74, 6) is -4.42. The molecule has 3 aliphatic rings. The van der Waals surface area contributed by atoms with Crippen LogP contribution in [0.3, 0.4) is 0 Å². The molecule has 0 spiro atoms. The molecule has 3 fully saturated rings. The number of halogens is 5. The summed E-state index contributed by atoms with van der Waals surface area (Å²) in [5, 5.41) is 2.55. The van der Waals surface area contributed by atoms with E-state index in [1.807, 2.05) is 0 Å². The van der Waals surface area contributed by atoms with Crippen molar-refractivity contribution >= 4 is 23.5 Å². The van der Waals surface area contributed by atoms with Crippen LogP contribution in [0.5, 0.6) is 17.2 Å². The molecular weight excluding hydrogens is 619 g/mol. The molecule has 1 N–H and O–H groups in total. The number of pyridine rings is 1. The molecule has 0 saturated carbocycles. The first-order valence-electron chi connectivity index (χ1n) is 14.3. The van der Waals surface area contributed by atoms with Crippen LogP contribution in [-0.2, 0) is 9.53 Å². The number of nitrogens with zero attached hydrogens (tertiary/aromatic N) is 3. The molecule has 2 bridgehead atoms. The molecule has 5 atom stereocenters. The van der Waals surface area contributed by atoms with E-state index in [9.17, 15) is 22.8 Å². The monoisotopic (exact) mass is 648 g/mol. The summed E-state index contributed by atoms with van der Waals surface area (Å²) in [7, 11) is 2.70. The Morgan fingerprint density at radius 3 is 2.17 bits per heavy atom. The standard InChI is InChI=1S/C31H29F5N4O6/c1-15-26(27-22(32)9-19(43-2)10-23(27)33)28(38-29(41)16-4-6-18(7-5-16)46-31(34,35)36)30(42)40(15)25-12-20(44-3)11-24(37-25)39-13-21-8-17(39)14-45-21/h4-7,9-12,15,17,21,26,28H,8,13-14H2,1-3H3,(H,38,41)/t15-,17-,21-,26-,28-/m0/s1. The molecule has 0 unspecified atom stereocenters. The summed E-state index contributed by atoms with van der Waals surface area (Å²) in [4.78, 5) is 35.6. The van der Waals surface area contributed by atoms with Crippen molar-refractivity contribution in [2.45, 2.75) is 49.9 Å². The van der Waals surface area contributed by atoms with Gasteiger partial charge in [-0.05, 0) is 37.6 Å². The average Bonchev–Trinajstić information content (AvgIpc) is 3.71. The number of alkyl halides is 3. The molecule has 0 radical (unpaired) electrons. The minimum atomic E-state index is -4.93. The Bertz CT molecular complexity index is 1630. The SMILES string of the molecule is COc1cc(N2C[C@@H]3C[C@H]2CO3)nc(N2C(=O)[C@@H](NC(=O)c3ccc(OC(F)(F)F)cc3)[C@H](c3c(F)cc(OC)cc3F)[C@@H]2C)c1. The molecule has 0 aliphatic carbocycles. The topological polar surface area (TPSA) is 102 Å². The molecule has 6 rings (SSSR count). The molecule has 3 aromatic rings. The number of amides is 2. The zero-order valence-corrected chi connectivity index (χ0v) is 24.8. The van der Waals surface area contributed by atoms with Crippen LogP contribution < -0.4 is 29.3 Å². The van der Waals surface area contributed by atoms with Crippen molar-refractivity contribution in [1.82, 2.24) is 10.3 Å². The summed E-state index contributed by atoms with van der Waals surface area (Å²) in [6, 6.07) is 6.85. The molecule has 1 aromatic heterocycles. The van der Waals surface area contributed by atoms with Crippen LogP contribution in [0.4, 0.5) is 33.6 Å². The smallest absolute Gasteiger partial charge is 0.497 e. The summed E-state index contributed by atoms with van der Waals surface area (Å²) in [6.45, 7) is 2.69. The predicted molar refractivity (Wildman–Crippen MR) is 153 cm³/mol. The quantitative estimate of drug-likeness (QED) is 0.355. The van der Waals surface area contributed by atoms with E-state index in [4.69, 9.17) is 19.2 Å². The highest BCUT2D eigenvalue weighted by Crippen LogP contribution is 2.42. The average molecular weight is 649 g/mol. The minimum Gasteiger partial charge on any atom is -0.497 e. The van der Waals surface area contributed by atoms with Gasteiger partial charge in [-0.15, -0.1) is 13.2 Å². The van der Waals surface area contributed by atoms with Crippen LogP contribution >= 0.6 is 0 Å². The van der Waals surface area contributed by atoms with E-state index in [0.717, 1.165) is 42.8 Å². The molecule has 2 aromatic carbocycles. The third kappa shape index (κ3) is 5.86. The Morgan fingerprint density at radius 2 is 1.61 bits per heavy atom. The largest absolute Gasteiger partial charge is 0.573 e. The van der Waals surface area contributed by atoms with Gasteiger partial charge >= 0.3 is 6.36 Å². The van der Waals surface area contributed by atoms with Crippen molar-refractivity contribution in [3.63, 3.8) is 0 Å². The highest BCUT2D eigenvalue weighted by Gasteiger charge is 2.51. The Hall–Kier alpha value is -4.66. The van der Waals surface area contributed by atoms with Gasteiger partial charge in [-0.3, -0.25) is 14.5 Å². The van der Waals surface area contributed by atoms with Gasteiger partial charge in [0.2, 0.25) is 0 Å². The lowest BCUT2D eigenvalue weighted by molar-refractivity contribution is -0.274. The Kier molecular flexibility index (Phi) is 8.12. The number of benzene rings is 2. The number of rotatable bonds is 8. The van der Waals surface area contributed by atoms with Crippen LogP contribution in [-0.4, -0.2) is 74.8 Å². The van der Waals surface area contributed by atoms with Gasteiger partial charge in [-0.25, -0.2) is 13.8 Å². The summed E-state index contributed by atoms with van der Waals surface area (Å²) >= 11 is 0. The number of aromatic nitrogens is 1. The van der Waals surface area contributed by atoms with Crippen LogP contribution in [0.2, 0.25) is 0 Å². The van der Waals surface area contributed by atoms with Crippen LogP contribution in [0.1, 0.15) is 35.2 Å². The second kappa shape index (κ2) is 11.9. The number of methoxy groups -OCH3 is 2. The predicted octanol–water partition coefficient (Wildman–Crippen LogP) is 4.57. The molecule has 4 heterocycles. The normalized spacial score (nSPS) is 24.0. The summed E-state index contributed by atoms with van der Waals surface area (Å²) in [5.41, 5.74) is -0.573. The highest BCUT2D eigenvalue weighted by atomic mass is 19.4. The van der Waals surface area contributed by atoms with E-state index in [1.54, 1.807) is 13.0 Å². The van der Waals surface area contributed by atoms with Crippen molar-refractivity contribution in [1.29, 1.82) is 0 Å². The van der Waals surface area contributed by atoms with Gasteiger partial charge in [0.15, 0.2) is 0 Å². The number of carbonyl (C=O) groups excluding carboxylic acids is 2. The number of hydrogen-bond donors (Lipinski definition) is 1. The zero-order valence-electron chi connectivity index (χ0n) is 24.8. The summed E-state index contributed by atoms with van der Waals surface area (Å²) < 4.78 is 89.0. The van der Waals surface area contributed by atoms with Crippen molar-refractivity contribution < 1.29 is 50.5 Å².